The van der Waals surface area contributed by atoms with Crippen molar-refractivity contribution in [1.29, 1.82) is 0 Å². The molecule has 1 aliphatic heterocycles. The zero-order valence-electron chi connectivity index (χ0n) is 14.2. The number of guanidine groups is 1. The van der Waals surface area contributed by atoms with Gasteiger partial charge in [-0.05, 0) is 38.8 Å². The van der Waals surface area contributed by atoms with E-state index >= 15 is 0 Å². The summed E-state index contributed by atoms with van der Waals surface area (Å²) < 4.78 is 11.4. The standard InChI is InChI=1S/C17H28N4O2/c1-3-18-17(20-14-5-6-14)19-12-15(16-7-4-13(2)23-16)21-8-10-22-11-9-21/h4,7,14-15H,3,5-6,8-12H2,1-2H3,(H2,18,19,20). The van der Waals surface area contributed by atoms with Crippen LogP contribution in [0, 0.1) is 6.92 Å². The summed E-state index contributed by atoms with van der Waals surface area (Å²) in [4.78, 5) is 7.22. The summed E-state index contributed by atoms with van der Waals surface area (Å²) in [6.07, 6.45) is 2.49. The van der Waals surface area contributed by atoms with E-state index in [1.165, 1.54) is 12.8 Å². The number of furan rings is 1. The number of nitrogens with zero attached hydrogens (tertiary/aromatic N) is 2. The summed E-state index contributed by atoms with van der Waals surface area (Å²) in [7, 11) is 0. The van der Waals surface area contributed by atoms with Crippen LogP contribution in [0.1, 0.15) is 37.3 Å². The normalized spacial score (nSPS) is 21.2. The summed E-state index contributed by atoms with van der Waals surface area (Å²) in [6.45, 7) is 9.05. The van der Waals surface area contributed by atoms with Crippen LogP contribution in [0.5, 0.6) is 0 Å². The number of aliphatic imine (C=N–C) groups is 1. The second kappa shape index (κ2) is 7.84. The molecular weight excluding hydrogens is 292 g/mol. The molecule has 1 saturated carbocycles. The predicted molar refractivity (Wildman–Crippen MR) is 90.7 cm³/mol. The van der Waals surface area contributed by atoms with Gasteiger partial charge in [-0.2, -0.15) is 0 Å². The highest BCUT2D eigenvalue weighted by Gasteiger charge is 2.26. The first-order valence-electron chi connectivity index (χ1n) is 8.69. The van der Waals surface area contributed by atoms with Crippen LogP contribution in [0.25, 0.3) is 0 Å². The molecule has 0 radical (unpaired) electrons. The molecule has 0 aromatic carbocycles. The van der Waals surface area contributed by atoms with Crippen molar-refractivity contribution in [3.63, 3.8) is 0 Å². The summed E-state index contributed by atoms with van der Waals surface area (Å²) in [5.74, 6) is 2.86. The van der Waals surface area contributed by atoms with E-state index in [0.717, 1.165) is 50.3 Å². The average molecular weight is 320 g/mol. The van der Waals surface area contributed by atoms with Gasteiger partial charge >= 0.3 is 0 Å². The van der Waals surface area contributed by atoms with Gasteiger partial charge in [-0.25, -0.2) is 0 Å². The van der Waals surface area contributed by atoms with E-state index in [9.17, 15) is 0 Å². The maximum atomic E-state index is 5.89. The van der Waals surface area contributed by atoms with E-state index in [1.807, 2.05) is 13.0 Å². The number of morpholine rings is 1. The van der Waals surface area contributed by atoms with E-state index < -0.39 is 0 Å². The van der Waals surface area contributed by atoms with E-state index in [0.29, 0.717) is 12.6 Å². The zero-order chi connectivity index (χ0) is 16.1. The highest BCUT2D eigenvalue weighted by atomic mass is 16.5. The summed E-state index contributed by atoms with van der Waals surface area (Å²) in [5.41, 5.74) is 0. The number of nitrogens with one attached hydrogen (secondary N) is 2. The number of hydrogen-bond donors (Lipinski definition) is 2. The minimum Gasteiger partial charge on any atom is -0.465 e. The maximum absolute atomic E-state index is 5.89. The monoisotopic (exact) mass is 320 g/mol. The van der Waals surface area contributed by atoms with Gasteiger partial charge in [0.2, 0.25) is 0 Å². The van der Waals surface area contributed by atoms with E-state index in [1.54, 1.807) is 0 Å². The molecular formula is C17H28N4O2. The van der Waals surface area contributed by atoms with Gasteiger partial charge in [-0.3, -0.25) is 9.89 Å². The Morgan fingerprint density at radius 1 is 1.35 bits per heavy atom. The molecule has 1 aromatic rings. The fourth-order valence-electron chi connectivity index (χ4n) is 2.83. The Morgan fingerprint density at radius 3 is 2.74 bits per heavy atom. The van der Waals surface area contributed by atoms with Gasteiger partial charge in [0.25, 0.3) is 0 Å². The van der Waals surface area contributed by atoms with Crippen LogP contribution in [0.2, 0.25) is 0 Å². The van der Waals surface area contributed by atoms with Crippen LogP contribution in [-0.2, 0) is 4.74 Å². The third-order valence-corrected chi connectivity index (χ3v) is 4.26. The number of rotatable bonds is 6. The first kappa shape index (κ1) is 16.3. The molecule has 0 spiro atoms. The summed E-state index contributed by atoms with van der Waals surface area (Å²) in [5, 5.41) is 6.81. The predicted octanol–water partition coefficient (Wildman–Crippen LogP) is 1.68. The van der Waals surface area contributed by atoms with Crippen molar-refractivity contribution in [2.75, 3.05) is 39.4 Å². The molecule has 2 fully saturated rings. The summed E-state index contributed by atoms with van der Waals surface area (Å²) in [6, 6.07) is 4.87. The second-order valence-corrected chi connectivity index (χ2v) is 6.25. The molecule has 23 heavy (non-hydrogen) atoms. The summed E-state index contributed by atoms with van der Waals surface area (Å²) >= 11 is 0. The van der Waals surface area contributed by atoms with Crippen molar-refractivity contribution in [3.05, 3.63) is 23.7 Å². The molecule has 1 saturated heterocycles. The molecule has 0 amide bonds. The highest BCUT2D eigenvalue weighted by Crippen LogP contribution is 2.24. The van der Waals surface area contributed by atoms with E-state index in [2.05, 4.69) is 28.5 Å². The van der Waals surface area contributed by atoms with E-state index in [-0.39, 0.29) is 6.04 Å². The average Bonchev–Trinajstić information content (AvgIpc) is 3.28. The molecule has 0 bridgehead atoms. The topological polar surface area (TPSA) is 62.0 Å². The van der Waals surface area contributed by atoms with Gasteiger partial charge in [0.15, 0.2) is 5.96 Å². The van der Waals surface area contributed by atoms with Crippen molar-refractivity contribution in [3.8, 4) is 0 Å². The Labute approximate surface area is 138 Å². The molecule has 1 aromatic heterocycles. The Kier molecular flexibility index (Phi) is 5.56. The first-order chi connectivity index (χ1) is 11.3. The van der Waals surface area contributed by atoms with Crippen LogP contribution in [0.4, 0.5) is 0 Å². The molecule has 2 heterocycles. The molecule has 2 N–H and O–H groups in total. The fourth-order valence-corrected chi connectivity index (χ4v) is 2.83. The maximum Gasteiger partial charge on any atom is 0.191 e. The van der Waals surface area contributed by atoms with Crippen LogP contribution >= 0.6 is 0 Å². The lowest BCUT2D eigenvalue weighted by molar-refractivity contribution is 0.0135. The molecule has 2 aliphatic rings. The molecule has 6 heteroatoms. The molecule has 1 unspecified atom stereocenters. The Balaban J connectivity index is 1.71. The SMILES string of the molecule is CCNC(=NCC(c1ccc(C)o1)N1CCOCC1)NC1CC1. The van der Waals surface area contributed by atoms with Crippen molar-refractivity contribution in [1.82, 2.24) is 15.5 Å². The van der Waals surface area contributed by atoms with Gasteiger partial charge < -0.3 is 19.8 Å². The van der Waals surface area contributed by atoms with Crippen molar-refractivity contribution >= 4 is 5.96 Å². The van der Waals surface area contributed by atoms with Crippen molar-refractivity contribution < 1.29 is 9.15 Å². The lowest BCUT2D eigenvalue weighted by Crippen LogP contribution is -2.42. The van der Waals surface area contributed by atoms with Gasteiger partial charge in [-0.15, -0.1) is 0 Å². The van der Waals surface area contributed by atoms with Crippen LogP contribution in [0.15, 0.2) is 21.5 Å². The zero-order valence-corrected chi connectivity index (χ0v) is 14.2. The van der Waals surface area contributed by atoms with Crippen molar-refractivity contribution in [2.45, 2.75) is 38.8 Å². The lowest BCUT2D eigenvalue weighted by Gasteiger charge is -2.32. The smallest absolute Gasteiger partial charge is 0.191 e. The number of aryl methyl sites for hydroxylation is 1. The van der Waals surface area contributed by atoms with Gasteiger partial charge in [0.1, 0.15) is 11.5 Å². The van der Waals surface area contributed by atoms with Gasteiger partial charge in [0, 0.05) is 25.7 Å². The minimum absolute atomic E-state index is 0.169. The van der Waals surface area contributed by atoms with Gasteiger partial charge in [-0.1, -0.05) is 0 Å². The minimum atomic E-state index is 0.169. The Hall–Kier alpha value is -1.53. The second-order valence-electron chi connectivity index (χ2n) is 6.25. The highest BCUT2D eigenvalue weighted by molar-refractivity contribution is 5.80. The quantitative estimate of drug-likeness (QED) is 0.617. The van der Waals surface area contributed by atoms with Crippen LogP contribution in [-0.4, -0.2) is 56.3 Å². The molecule has 6 nitrogen and oxygen atoms in total. The van der Waals surface area contributed by atoms with Crippen molar-refractivity contribution in [2.24, 2.45) is 4.99 Å². The third-order valence-electron chi connectivity index (χ3n) is 4.26. The molecule has 3 rings (SSSR count). The van der Waals surface area contributed by atoms with Crippen LogP contribution in [0.3, 0.4) is 0 Å². The number of ether oxygens (including phenoxy) is 1. The Bertz CT molecular complexity index is 518. The fraction of sp³-hybridized carbons (Fsp3) is 0.706. The molecule has 128 valence electrons. The Morgan fingerprint density at radius 2 is 2.13 bits per heavy atom. The third kappa shape index (κ3) is 4.72. The largest absolute Gasteiger partial charge is 0.465 e. The van der Waals surface area contributed by atoms with Gasteiger partial charge in [0.05, 0.1) is 25.8 Å². The molecule has 1 aliphatic carbocycles. The van der Waals surface area contributed by atoms with E-state index in [4.69, 9.17) is 14.1 Å². The lowest BCUT2D eigenvalue weighted by atomic mass is 10.1. The first-order valence-corrected chi connectivity index (χ1v) is 8.69. The number of hydrogen-bond acceptors (Lipinski definition) is 4. The molecule has 1 atom stereocenters. The van der Waals surface area contributed by atoms with Crippen LogP contribution < -0.4 is 10.6 Å².